The summed E-state index contributed by atoms with van der Waals surface area (Å²) in [6.07, 6.45) is 32.0. The van der Waals surface area contributed by atoms with Crippen molar-refractivity contribution in [1.82, 2.24) is 4.81 Å². The first-order valence-corrected chi connectivity index (χ1v) is 19.0. The second-order valence-electron chi connectivity index (χ2n) is 13.0. The molecule has 0 spiro atoms. The van der Waals surface area contributed by atoms with E-state index in [1.165, 1.54) is 77.0 Å². The van der Waals surface area contributed by atoms with Crippen LogP contribution in [0.5, 0.6) is 0 Å². The molecule has 4 heteroatoms. The van der Waals surface area contributed by atoms with Gasteiger partial charge in [-0.3, -0.25) is 0 Å². The van der Waals surface area contributed by atoms with E-state index in [1.807, 2.05) is 0 Å². The molecule has 0 aromatic rings. The van der Waals surface area contributed by atoms with Gasteiger partial charge in [0.25, 0.3) is 6.29 Å². The summed E-state index contributed by atoms with van der Waals surface area (Å²) in [4.78, 5) is 3.18. The molecule has 0 saturated heterocycles. The maximum atomic E-state index is 3.18. The molecule has 0 bridgehead atoms. The van der Waals surface area contributed by atoms with E-state index in [1.54, 1.807) is 51.4 Å². The molecule has 4 saturated carbocycles. The van der Waals surface area contributed by atoms with E-state index in [9.17, 15) is 0 Å². The van der Waals surface area contributed by atoms with Crippen LogP contribution in [0, 0.1) is 0 Å². The van der Waals surface area contributed by atoms with Gasteiger partial charge in [0.1, 0.15) is 0 Å². The van der Waals surface area contributed by atoms with Crippen LogP contribution in [-0.4, -0.2) is 45.8 Å². The highest BCUT2D eigenvalue weighted by Gasteiger charge is 2.50. The SMILES string of the molecule is CC(C)N(B(P(C1CCCCC1)C1CCCCC1)P(C1CCCCC1)C1CCCCC1)C(C)C. The summed E-state index contributed by atoms with van der Waals surface area (Å²) in [5.41, 5.74) is 4.37. The van der Waals surface area contributed by atoms with Crippen LogP contribution >= 0.6 is 15.6 Å². The van der Waals surface area contributed by atoms with Crippen molar-refractivity contribution in [2.24, 2.45) is 0 Å². The van der Waals surface area contributed by atoms with E-state index in [0.29, 0.717) is 12.1 Å². The lowest BCUT2D eigenvalue weighted by Gasteiger charge is -2.54. The van der Waals surface area contributed by atoms with E-state index in [0.717, 1.165) is 28.9 Å². The highest BCUT2D eigenvalue weighted by atomic mass is 31.2. The highest BCUT2D eigenvalue weighted by molar-refractivity contribution is 8.20. The quantitative estimate of drug-likeness (QED) is 0.223. The predicted octanol–water partition coefficient (Wildman–Crippen LogP) is 10.4. The second-order valence-corrected chi connectivity index (χ2v) is 19.1. The van der Waals surface area contributed by atoms with Crippen LogP contribution in [0.4, 0.5) is 0 Å². The average Bonchev–Trinajstić information content (AvgIpc) is 2.86. The van der Waals surface area contributed by atoms with E-state index in [2.05, 4.69) is 32.5 Å². The van der Waals surface area contributed by atoms with E-state index in [4.69, 9.17) is 0 Å². The molecular formula is C30H58BNP2. The largest absolute Gasteiger partial charge is 0.330 e. The summed E-state index contributed by atoms with van der Waals surface area (Å²) in [5, 5.41) is 0. The molecule has 4 rings (SSSR count). The van der Waals surface area contributed by atoms with Crippen molar-refractivity contribution in [3.63, 3.8) is 0 Å². The Morgan fingerprint density at radius 1 is 0.441 bits per heavy atom. The predicted molar refractivity (Wildman–Crippen MR) is 159 cm³/mol. The lowest BCUT2D eigenvalue weighted by Crippen LogP contribution is -2.51. The summed E-state index contributed by atoms with van der Waals surface area (Å²) in [6.45, 7) is 10.3. The van der Waals surface area contributed by atoms with Gasteiger partial charge in [0, 0.05) is 0 Å². The molecule has 4 fully saturated rings. The molecule has 0 amide bonds. The van der Waals surface area contributed by atoms with Gasteiger partial charge < -0.3 is 4.81 Å². The Kier molecular flexibility index (Phi) is 11.6. The molecule has 196 valence electrons. The maximum absolute atomic E-state index is 3.18. The number of hydrogen-bond acceptors (Lipinski definition) is 1. The Morgan fingerprint density at radius 2 is 0.676 bits per heavy atom. The fraction of sp³-hybridized carbons (Fsp3) is 1.00. The number of rotatable bonds is 9. The zero-order valence-electron chi connectivity index (χ0n) is 23.5. The molecule has 0 aliphatic heterocycles. The molecule has 0 N–H and O–H groups in total. The Morgan fingerprint density at radius 3 is 0.882 bits per heavy atom. The molecule has 4 aliphatic rings. The van der Waals surface area contributed by atoms with Crippen LogP contribution in [0.1, 0.15) is 156 Å². The summed E-state index contributed by atoms with van der Waals surface area (Å²) >= 11 is 0. The van der Waals surface area contributed by atoms with E-state index < -0.39 is 0 Å². The smallest absolute Gasteiger partial charge is 0.283 e. The van der Waals surface area contributed by atoms with Crippen LogP contribution in [0.3, 0.4) is 0 Å². The first-order chi connectivity index (χ1) is 16.6. The van der Waals surface area contributed by atoms with Gasteiger partial charge in [-0.15, -0.1) is 15.6 Å². The van der Waals surface area contributed by atoms with Gasteiger partial charge in [0.05, 0.1) is 0 Å². The van der Waals surface area contributed by atoms with Gasteiger partial charge >= 0.3 is 0 Å². The normalized spacial score (nSPS) is 25.3. The molecule has 0 unspecified atom stereocenters. The van der Waals surface area contributed by atoms with Crippen molar-refractivity contribution in [1.29, 1.82) is 0 Å². The molecule has 0 aromatic carbocycles. The van der Waals surface area contributed by atoms with Gasteiger partial charge in [0.2, 0.25) is 0 Å². The third-order valence-corrected chi connectivity index (χ3v) is 18.6. The lowest BCUT2D eigenvalue weighted by atomic mass is 9.99. The van der Waals surface area contributed by atoms with Crippen molar-refractivity contribution >= 4 is 21.9 Å². The third-order valence-electron chi connectivity index (χ3n) is 9.98. The standard InChI is InChI=1S/C30H58BNP2/c1-25(2)32(26(3)4)31(33(27-17-9-5-10-18-27)28-19-11-6-12-20-28)34(29-21-13-7-14-22-29)30-23-15-8-16-24-30/h25-30H,5-24H2,1-4H3. The minimum absolute atomic E-state index is 0.101. The van der Waals surface area contributed by atoms with Gasteiger partial charge in [-0.1, -0.05) is 105 Å². The van der Waals surface area contributed by atoms with Crippen LogP contribution < -0.4 is 0 Å². The molecular weight excluding hydrogens is 447 g/mol. The summed E-state index contributed by atoms with van der Waals surface area (Å²) < 4.78 is 0. The van der Waals surface area contributed by atoms with Crippen molar-refractivity contribution in [2.75, 3.05) is 0 Å². The van der Waals surface area contributed by atoms with Gasteiger partial charge in [-0.2, -0.15) is 0 Å². The minimum Gasteiger partial charge on any atom is -0.330 e. The molecule has 34 heavy (non-hydrogen) atoms. The molecule has 0 atom stereocenters. The Balaban J connectivity index is 1.77. The first kappa shape index (κ1) is 27.9. The first-order valence-electron chi connectivity index (χ1n) is 15.9. The van der Waals surface area contributed by atoms with Crippen LogP contribution in [0.2, 0.25) is 0 Å². The molecule has 0 radical (unpaired) electrons. The van der Waals surface area contributed by atoms with E-state index >= 15 is 0 Å². The summed E-state index contributed by atoms with van der Waals surface area (Å²) in [7, 11) is 0.202. The second kappa shape index (κ2) is 14.2. The number of hydrogen-bond donors (Lipinski definition) is 0. The Labute approximate surface area is 217 Å². The maximum Gasteiger partial charge on any atom is 0.283 e. The highest BCUT2D eigenvalue weighted by Crippen LogP contribution is 2.71. The van der Waals surface area contributed by atoms with Crippen LogP contribution in [0.25, 0.3) is 0 Å². The fourth-order valence-electron chi connectivity index (χ4n) is 8.46. The molecule has 0 aromatic heterocycles. The monoisotopic (exact) mass is 505 g/mol. The lowest BCUT2D eigenvalue weighted by molar-refractivity contribution is 0.313. The van der Waals surface area contributed by atoms with E-state index in [-0.39, 0.29) is 15.6 Å². The van der Waals surface area contributed by atoms with Crippen molar-refractivity contribution in [3.8, 4) is 0 Å². The van der Waals surface area contributed by atoms with Crippen molar-refractivity contribution in [2.45, 2.75) is 191 Å². The summed E-state index contributed by atoms with van der Waals surface area (Å²) in [5.74, 6) is 0. The Bertz CT molecular complexity index is 476. The van der Waals surface area contributed by atoms with Crippen molar-refractivity contribution < 1.29 is 0 Å². The zero-order chi connectivity index (χ0) is 23.9. The van der Waals surface area contributed by atoms with Crippen LogP contribution in [0.15, 0.2) is 0 Å². The summed E-state index contributed by atoms with van der Waals surface area (Å²) in [6, 6.07) is 1.42. The third kappa shape index (κ3) is 7.05. The zero-order valence-corrected chi connectivity index (χ0v) is 25.3. The Hall–Kier alpha value is 0.885. The minimum atomic E-state index is 0.101. The van der Waals surface area contributed by atoms with Gasteiger partial charge in [0.15, 0.2) is 0 Å². The topological polar surface area (TPSA) is 3.24 Å². The van der Waals surface area contributed by atoms with Crippen molar-refractivity contribution in [3.05, 3.63) is 0 Å². The van der Waals surface area contributed by atoms with Gasteiger partial charge in [-0.25, -0.2) is 0 Å². The molecule has 1 nitrogen and oxygen atoms in total. The molecule has 4 aliphatic carbocycles. The fourth-order valence-corrected chi connectivity index (χ4v) is 20.2. The molecule has 0 heterocycles. The van der Waals surface area contributed by atoms with Crippen LogP contribution in [-0.2, 0) is 0 Å². The average molecular weight is 506 g/mol. The number of nitrogens with zero attached hydrogens (tertiary/aromatic N) is 1. The van der Waals surface area contributed by atoms with Gasteiger partial charge in [-0.05, 0) is 86.1 Å².